The summed E-state index contributed by atoms with van der Waals surface area (Å²) >= 11 is 0. The van der Waals surface area contributed by atoms with Gasteiger partial charge in [-0.15, -0.1) is 24.0 Å². The number of pyridine rings is 1. The lowest BCUT2D eigenvalue weighted by molar-refractivity contribution is 0.324. The molecule has 1 aliphatic heterocycles. The SMILES string of the molecule is CCNC(=NCCOc1cccnc1)N1CCN(c2ccc(OC)cc2)CC1.I. The third-order valence-electron chi connectivity index (χ3n) is 4.61. The molecule has 0 amide bonds. The molecule has 0 unspecified atom stereocenters. The molecule has 29 heavy (non-hydrogen) atoms. The lowest BCUT2D eigenvalue weighted by Crippen LogP contribution is -2.52. The Labute approximate surface area is 190 Å². The van der Waals surface area contributed by atoms with E-state index in [2.05, 4.69) is 39.2 Å². The number of anilines is 1. The van der Waals surface area contributed by atoms with Crippen LogP contribution >= 0.6 is 24.0 Å². The van der Waals surface area contributed by atoms with Crippen molar-refractivity contribution in [2.24, 2.45) is 4.99 Å². The molecule has 2 heterocycles. The van der Waals surface area contributed by atoms with Crippen molar-refractivity contribution in [1.29, 1.82) is 0 Å². The number of guanidine groups is 1. The average molecular weight is 511 g/mol. The van der Waals surface area contributed by atoms with E-state index in [9.17, 15) is 0 Å². The number of piperazine rings is 1. The first-order chi connectivity index (χ1) is 13.8. The highest BCUT2D eigenvalue weighted by Crippen LogP contribution is 2.20. The van der Waals surface area contributed by atoms with Crippen LogP contribution < -0.4 is 19.7 Å². The molecule has 0 spiro atoms. The van der Waals surface area contributed by atoms with E-state index in [0.717, 1.165) is 50.2 Å². The first-order valence-electron chi connectivity index (χ1n) is 9.75. The molecule has 8 heteroatoms. The van der Waals surface area contributed by atoms with E-state index in [1.807, 2.05) is 24.3 Å². The van der Waals surface area contributed by atoms with E-state index >= 15 is 0 Å². The summed E-state index contributed by atoms with van der Waals surface area (Å²) in [5, 5.41) is 3.39. The van der Waals surface area contributed by atoms with Crippen LogP contribution in [-0.2, 0) is 0 Å². The Morgan fingerprint density at radius 1 is 1.10 bits per heavy atom. The molecular weight excluding hydrogens is 481 g/mol. The van der Waals surface area contributed by atoms with Gasteiger partial charge in [0.25, 0.3) is 0 Å². The van der Waals surface area contributed by atoms with E-state index in [0.29, 0.717) is 13.2 Å². The van der Waals surface area contributed by atoms with Gasteiger partial charge in [0.05, 0.1) is 19.9 Å². The van der Waals surface area contributed by atoms with Crippen molar-refractivity contribution in [2.75, 3.05) is 57.9 Å². The maximum atomic E-state index is 5.68. The lowest BCUT2D eigenvalue weighted by Gasteiger charge is -2.37. The Morgan fingerprint density at radius 2 is 1.86 bits per heavy atom. The largest absolute Gasteiger partial charge is 0.497 e. The zero-order chi connectivity index (χ0) is 19.6. The standard InChI is InChI=1S/C21H29N5O2.HI/c1-3-23-21(24-11-16-28-20-5-4-10-22-17-20)26-14-12-25(13-15-26)18-6-8-19(27-2)9-7-18;/h4-10,17H,3,11-16H2,1-2H3,(H,23,24);1H. The number of aliphatic imine (C=N–C) groups is 1. The van der Waals surface area contributed by atoms with Crippen LogP contribution in [0.4, 0.5) is 5.69 Å². The number of ether oxygens (including phenoxy) is 2. The van der Waals surface area contributed by atoms with Crippen molar-refractivity contribution in [3.63, 3.8) is 0 Å². The number of rotatable bonds is 7. The van der Waals surface area contributed by atoms with Crippen LogP contribution in [-0.4, -0.2) is 68.8 Å². The summed E-state index contributed by atoms with van der Waals surface area (Å²) in [5.41, 5.74) is 1.23. The molecule has 0 aliphatic carbocycles. The van der Waals surface area contributed by atoms with Crippen LogP contribution in [0.25, 0.3) is 0 Å². The Kier molecular flexibility index (Phi) is 9.82. The van der Waals surface area contributed by atoms with Crippen LogP contribution in [0.3, 0.4) is 0 Å². The van der Waals surface area contributed by atoms with E-state index in [1.54, 1.807) is 19.5 Å². The summed E-state index contributed by atoms with van der Waals surface area (Å²) in [6.45, 7) is 7.87. The lowest BCUT2D eigenvalue weighted by atomic mass is 10.2. The van der Waals surface area contributed by atoms with Crippen molar-refractivity contribution in [1.82, 2.24) is 15.2 Å². The zero-order valence-electron chi connectivity index (χ0n) is 17.1. The van der Waals surface area contributed by atoms with Gasteiger partial charge in [-0.1, -0.05) is 0 Å². The van der Waals surface area contributed by atoms with Gasteiger partial charge in [0, 0.05) is 44.6 Å². The first-order valence-corrected chi connectivity index (χ1v) is 9.75. The molecule has 0 radical (unpaired) electrons. The Balaban J connectivity index is 0.00000300. The predicted molar refractivity (Wildman–Crippen MR) is 128 cm³/mol. The predicted octanol–water partition coefficient (Wildman–Crippen LogP) is 2.87. The van der Waals surface area contributed by atoms with Crippen molar-refractivity contribution in [3.8, 4) is 11.5 Å². The first kappa shape index (κ1) is 23.1. The summed E-state index contributed by atoms with van der Waals surface area (Å²) in [6.07, 6.45) is 3.45. The molecule has 0 atom stereocenters. The van der Waals surface area contributed by atoms with E-state index in [4.69, 9.17) is 14.5 Å². The maximum absolute atomic E-state index is 5.68. The smallest absolute Gasteiger partial charge is 0.194 e. The number of hydrogen-bond donors (Lipinski definition) is 1. The molecule has 1 fully saturated rings. The van der Waals surface area contributed by atoms with Crippen LogP contribution in [0.2, 0.25) is 0 Å². The molecule has 7 nitrogen and oxygen atoms in total. The van der Waals surface area contributed by atoms with Crippen LogP contribution in [0.1, 0.15) is 6.92 Å². The number of benzene rings is 1. The second kappa shape index (κ2) is 12.4. The van der Waals surface area contributed by atoms with Crippen molar-refractivity contribution >= 4 is 35.6 Å². The minimum absolute atomic E-state index is 0. The normalized spacial score (nSPS) is 14.2. The minimum atomic E-state index is 0. The minimum Gasteiger partial charge on any atom is -0.497 e. The van der Waals surface area contributed by atoms with Crippen LogP contribution in [0.5, 0.6) is 11.5 Å². The van der Waals surface area contributed by atoms with E-state index in [-0.39, 0.29) is 24.0 Å². The summed E-state index contributed by atoms with van der Waals surface area (Å²) in [7, 11) is 1.69. The maximum Gasteiger partial charge on any atom is 0.194 e. The molecule has 2 aromatic rings. The van der Waals surface area contributed by atoms with Crippen LogP contribution in [0.15, 0.2) is 53.8 Å². The summed E-state index contributed by atoms with van der Waals surface area (Å²) in [4.78, 5) is 13.5. The third kappa shape index (κ3) is 6.95. The second-order valence-electron chi connectivity index (χ2n) is 6.44. The number of nitrogens with zero attached hydrogens (tertiary/aromatic N) is 4. The molecule has 0 saturated carbocycles. The monoisotopic (exact) mass is 511 g/mol. The van der Waals surface area contributed by atoms with Gasteiger partial charge in [0.15, 0.2) is 5.96 Å². The fourth-order valence-corrected chi connectivity index (χ4v) is 3.14. The third-order valence-corrected chi connectivity index (χ3v) is 4.61. The fourth-order valence-electron chi connectivity index (χ4n) is 3.14. The number of aromatic nitrogens is 1. The fraction of sp³-hybridized carbons (Fsp3) is 0.429. The van der Waals surface area contributed by atoms with Crippen molar-refractivity contribution in [2.45, 2.75) is 6.92 Å². The van der Waals surface area contributed by atoms with E-state index < -0.39 is 0 Å². The molecule has 158 valence electrons. The molecule has 1 aromatic heterocycles. The quantitative estimate of drug-likeness (QED) is 0.267. The molecule has 1 saturated heterocycles. The number of hydrogen-bond acceptors (Lipinski definition) is 5. The highest BCUT2D eigenvalue weighted by molar-refractivity contribution is 14.0. The number of nitrogens with one attached hydrogen (secondary N) is 1. The Morgan fingerprint density at radius 3 is 2.48 bits per heavy atom. The molecule has 0 bridgehead atoms. The average Bonchev–Trinajstić information content (AvgIpc) is 2.77. The second-order valence-corrected chi connectivity index (χ2v) is 6.44. The topological polar surface area (TPSA) is 62.2 Å². The Bertz CT molecular complexity index is 734. The molecule has 3 rings (SSSR count). The van der Waals surface area contributed by atoms with Gasteiger partial charge in [-0.25, -0.2) is 4.99 Å². The molecular formula is C21H30IN5O2. The van der Waals surface area contributed by atoms with Gasteiger partial charge in [-0.05, 0) is 43.3 Å². The van der Waals surface area contributed by atoms with Gasteiger partial charge < -0.3 is 24.6 Å². The van der Waals surface area contributed by atoms with Gasteiger partial charge in [-0.2, -0.15) is 0 Å². The molecule has 1 N–H and O–H groups in total. The summed E-state index contributed by atoms with van der Waals surface area (Å²) in [6, 6.07) is 12.0. The highest BCUT2D eigenvalue weighted by Gasteiger charge is 2.19. The van der Waals surface area contributed by atoms with Gasteiger partial charge in [0.1, 0.15) is 18.1 Å². The van der Waals surface area contributed by atoms with Crippen molar-refractivity contribution < 1.29 is 9.47 Å². The van der Waals surface area contributed by atoms with Crippen LogP contribution in [0, 0.1) is 0 Å². The van der Waals surface area contributed by atoms with Gasteiger partial charge in [0.2, 0.25) is 0 Å². The number of halogens is 1. The zero-order valence-corrected chi connectivity index (χ0v) is 19.4. The molecule has 1 aromatic carbocycles. The van der Waals surface area contributed by atoms with Gasteiger partial charge in [-0.3, -0.25) is 4.98 Å². The molecule has 1 aliphatic rings. The number of methoxy groups -OCH3 is 1. The summed E-state index contributed by atoms with van der Waals surface area (Å²) in [5.74, 6) is 2.61. The highest BCUT2D eigenvalue weighted by atomic mass is 127. The van der Waals surface area contributed by atoms with Gasteiger partial charge >= 0.3 is 0 Å². The Hall–Kier alpha value is -2.23. The summed E-state index contributed by atoms with van der Waals surface area (Å²) < 4.78 is 10.9. The van der Waals surface area contributed by atoms with E-state index in [1.165, 1.54) is 5.69 Å². The van der Waals surface area contributed by atoms with Crippen molar-refractivity contribution in [3.05, 3.63) is 48.8 Å².